The van der Waals surface area contributed by atoms with Crippen molar-refractivity contribution in [2.45, 2.75) is 32.4 Å². The van der Waals surface area contributed by atoms with Crippen LogP contribution in [0.3, 0.4) is 0 Å². The first-order valence-electron chi connectivity index (χ1n) is 7.18. The molecule has 1 aromatic heterocycles. The van der Waals surface area contributed by atoms with E-state index in [2.05, 4.69) is 52.0 Å². The first-order valence-corrected chi connectivity index (χ1v) is 7.18. The van der Waals surface area contributed by atoms with Gasteiger partial charge in [0.1, 0.15) is 12.0 Å². The van der Waals surface area contributed by atoms with E-state index in [-0.39, 0.29) is 24.0 Å². The molecular formula is C16H23IN4O. The molecule has 1 atom stereocenters. The Hall–Kier alpha value is -1.57. The molecule has 0 aliphatic heterocycles. The fraction of sp³-hybridized carbons (Fsp3) is 0.375. The van der Waals surface area contributed by atoms with Gasteiger partial charge in [-0.1, -0.05) is 35.5 Å². The van der Waals surface area contributed by atoms with Gasteiger partial charge in [-0.3, -0.25) is 4.99 Å². The number of rotatable bonds is 6. The molecule has 2 aromatic rings. The van der Waals surface area contributed by atoms with Crippen molar-refractivity contribution in [2.24, 2.45) is 4.99 Å². The van der Waals surface area contributed by atoms with Crippen LogP contribution in [0, 0.1) is 0 Å². The number of nitrogens with one attached hydrogen (secondary N) is 2. The Morgan fingerprint density at radius 1 is 1.27 bits per heavy atom. The van der Waals surface area contributed by atoms with Crippen molar-refractivity contribution in [3.63, 3.8) is 0 Å². The Morgan fingerprint density at radius 3 is 2.68 bits per heavy atom. The van der Waals surface area contributed by atoms with Gasteiger partial charge in [0, 0.05) is 19.2 Å². The van der Waals surface area contributed by atoms with Crippen LogP contribution in [0.15, 0.2) is 52.2 Å². The maximum absolute atomic E-state index is 4.80. The van der Waals surface area contributed by atoms with E-state index in [1.165, 1.54) is 5.56 Å². The molecule has 0 spiro atoms. The van der Waals surface area contributed by atoms with E-state index in [0.29, 0.717) is 12.6 Å². The fourth-order valence-corrected chi connectivity index (χ4v) is 2.03. The van der Waals surface area contributed by atoms with Gasteiger partial charge < -0.3 is 15.2 Å². The van der Waals surface area contributed by atoms with E-state index in [9.17, 15) is 0 Å². The zero-order valence-corrected chi connectivity index (χ0v) is 15.3. The van der Waals surface area contributed by atoms with Gasteiger partial charge in [0.05, 0.1) is 6.54 Å². The molecule has 1 unspecified atom stereocenters. The zero-order chi connectivity index (χ0) is 14.9. The van der Waals surface area contributed by atoms with E-state index in [1.807, 2.05) is 12.1 Å². The zero-order valence-electron chi connectivity index (χ0n) is 13.0. The second-order valence-corrected chi connectivity index (χ2v) is 4.99. The van der Waals surface area contributed by atoms with E-state index < -0.39 is 0 Å². The quantitative estimate of drug-likeness (QED) is 0.434. The molecule has 2 N–H and O–H groups in total. The largest absolute Gasteiger partial charge is 0.364 e. The lowest BCUT2D eigenvalue weighted by Crippen LogP contribution is -2.42. The number of hydrogen-bond acceptors (Lipinski definition) is 3. The maximum atomic E-state index is 4.80. The number of aryl methyl sites for hydroxylation is 1. The van der Waals surface area contributed by atoms with Gasteiger partial charge in [-0.05, 0) is 25.3 Å². The van der Waals surface area contributed by atoms with Gasteiger partial charge in [0.15, 0.2) is 5.96 Å². The molecule has 2 rings (SSSR count). The molecule has 0 aliphatic carbocycles. The number of halogens is 1. The summed E-state index contributed by atoms with van der Waals surface area (Å²) < 4.78 is 4.80. The summed E-state index contributed by atoms with van der Waals surface area (Å²) >= 11 is 0. The molecule has 1 heterocycles. The highest BCUT2D eigenvalue weighted by Crippen LogP contribution is 2.04. The number of aromatic nitrogens is 1. The molecular weight excluding hydrogens is 391 g/mol. The summed E-state index contributed by atoms with van der Waals surface area (Å²) in [6.45, 7) is 2.76. The minimum absolute atomic E-state index is 0. The fourth-order valence-electron chi connectivity index (χ4n) is 2.03. The highest BCUT2D eigenvalue weighted by molar-refractivity contribution is 14.0. The number of benzene rings is 1. The molecule has 0 amide bonds. The van der Waals surface area contributed by atoms with Gasteiger partial charge in [-0.25, -0.2) is 0 Å². The standard InChI is InChI=1S/C16H22N4O.HI/c1-13(8-9-14-6-4-3-5-7-14)19-16(17-2)18-12-15-10-11-21-20-15;/h3-7,10-11,13H,8-9,12H2,1-2H3,(H2,17,18,19);1H. The normalized spacial score (nSPS) is 12.4. The van der Waals surface area contributed by atoms with Crippen molar-refractivity contribution in [1.29, 1.82) is 0 Å². The van der Waals surface area contributed by atoms with Gasteiger partial charge in [0.2, 0.25) is 0 Å². The molecule has 0 radical (unpaired) electrons. The number of aliphatic imine (C=N–C) groups is 1. The first kappa shape index (κ1) is 18.5. The summed E-state index contributed by atoms with van der Waals surface area (Å²) in [6.07, 6.45) is 3.67. The summed E-state index contributed by atoms with van der Waals surface area (Å²) in [5.74, 6) is 0.776. The second kappa shape index (κ2) is 10.2. The summed E-state index contributed by atoms with van der Waals surface area (Å²) in [6, 6.07) is 12.7. The van der Waals surface area contributed by atoms with Crippen LogP contribution < -0.4 is 10.6 Å². The van der Waals surface area contributed by atoms with Crippen LogP contribution in [0.1, 0.15) is 24.6 Å². The van der Waals surface area contributed by atoms with Crippen LogP contribution in [0.4, 0.5) is 0 Å². The Kier molecular flexibility index (Phi) is 8.57. The minimum atomic E-state index is 0. The van der Waals surface area contributed by atoms with Crippen molar-refractivity contribution in [1.82, 2.24) is 15.8 Å². The van der Waals surface area contributed by atoms with Gasteiger partial charge >= 0.3 is 0 Å². The highest BCUT2D eigenvalue weighted by Gasteiger charge is 2.06. The van der Waals surface area contributed by atoms with Gasteiger partial charge in [-0.15, -0.1) is 24.0 Å². The van der Waals surface area contributed by atoms with E-state index in [1.54, 1.807) is 13.3 Å². The number of hydrogen-bond donors (Lipinski definition) is 2. The summed E-state index contributed by atoms with van der Waals surface area (Å²) in [4.78, 5) is 4.22. The lowest BCUT2D eigenvalue weighted by atomic mass is 10.1. The maximum Gasteiger partial charge on any atom is 0.191 e. The molecule has 0 bridgehead atoms. The van der Waals surface area contributed by atoms with E-state index in [0.717, 1.165) is 24.5 Å². The Labute approximate surface area is 148 Å². The predicted octanol–water partition coefficient (Wildman–Crippen LogP) is 2.98. The summed E-state index contributed by atoms with van der Waals surface area (Å²) in [5.41, 5.74) is 2.21. The van der Waals surface area contributed by atoms with Crippen molar-refractivity contribution in [2.75, 3.05) is 7.05 Å². The molecule has 0 saturated heterocycles. The van der Waals surface area contributed by atoms with Crippen LogP contribution in [-0.2, 0) is 13.0 Å². The average Bonchev–Trinajstić information content (AvgIpc) is 3.04. The van der Waals surface area contributed by atoms with Crippen LogP contribution in [0.5, 0.6) is 0 Å². The van der Waals surface area contributed by atoms with Crippen molar-refractivity contribution in [3.8, 4) is 0 Å². The smallest absolute Gasteiger partial charge is 0.191 e. The molecule has 120 valence electrons. The summed E-state index contributed by atoms with van der Waals surface area (Å²) in [5, 5.41) is 10.5. The number of nitrogens with zero attached hydrogens (tertiary/aromatic N) is 2. The lowest BCUT2D eigenvalue weighted by Gasteiger charge is -2.17. The van der Waals surface area contributed by atoms with Gasteiger partial charge in [0.25, 0.3) is 0 Å². The number of guanidine groups is 1. The van der Waals surface area contributed by atoms with Crippen molar-refractivity contribution in [3.05, 3.63) is 53.9 Å². The highest BCUT2D eigenvalue weighted by atomic mass is 127. The van der Waals surface area contributed by atoms with Crippen LogP contribution in [0.2, 0.25) is 0 Å². The Balaban J connectivity index is 0.00000242. The van der Waals surface area contributed by atoms with E-state index >= 15 is 0 Å². The second-order valence-electron chi connectivity index (χ2n) is 4.99. The third kappa shape index (κ3) is 6.46. The van der Waals surface area contributed by atoms with Crippen LogP contribution in [0.25, 0.3) is 0 Å². The SMILES string of the molecule is CN=C(NCc1ccon1)NC(C)CCc1ccccc1.I. The molecule has 0 saturated carbocycles. The lowest BCUT2D eigenvalue weighted by molar-refractivity contribution is 0.410. The Bertz CT molecular complexity index is 543. The minimum Gasteiger partial charge on any atom is -0.364 e. The first-order chi connectivity index (χ1) is 10.3. The molecule has 0 fully saturated rings. The molecule has 5 nitrogen and oxygen atoms in total. The predicted molar refractivity (Wildman–Crippen MR) is 99.5 cm³/mol. The van der Waals surface area contributed by atoms with Gasteiger partial charge in [-0.2, -0.15) is 0 Å². The Morgan fingerprint density at radius 2 is 2.05 bits per heavy atom. The van der Waals surface area contributed by atoms with E-state index in [4.69, 9.17) is 4.52 Å². The van der Waals surface area contributed by atoms with Crippen molar-refractivity contribution < 1.29 is 4.52 Å². The topological polar surface area (TPSA) is 62.5 Å². The third-order valence-corrected chi connectivity index (χ3v) is 3.24. The molecule has 22 heavy (non-hydrogen) atoms. The van der Waals surface area contributed by atoms with Crippen molar-refractivity contribution >= 4 is 29.9 Å². The summed E-state index contributed by atoms with van der Waals surface area (Å²) in [7, 11) is 1.77. The molecule has 0 aliphatic rings. The average molecular weight is 414 g/mol. The monoisotopic (exact) mass is 414 g/mol. The molecule has 1 aromatic carbocycles. The van der Waals surface area contributed by atoms with Crippen LogP contribution >= 0.6 is 24.0 Å². The van der Waals surface area contributed by atoms with Crippen LogP contribution in [-0.4, -0.2) is 24.2 Å². The molecule has 6 heteroatoms. The third-order valence-electron chi connectivity index (χ3n) is 3.24.